The highest BCUT2D eigenvalue weighted by atomic mass is 16.6. The second-order valence-corrected chi connectivity index (χ2v) is 7.42. The van der Waals surface area contributed by atoms with Crippen molar-refractivity contribution in [2.24, 2.45) is 12.2 Å². The van der Waals surface area contributed by atoms with Crippen molar-refractivity contribution in [1.29, 1.82) is 0 Å². The highest BCUT2D eigenvalue weighted by Crippen LogP contribution is 2.31. The van der Waals surface area contributed by atoms with Crippen LogP contribution in [0.5, 0.6) is 5.75 Å². The van der Waals surface area contributed by atoms with Crippen LogP contribution in [0.3, 0.4) is 0 Å². The van der Waals surface area contributed by atoms with E-state index < -0.39 is 6.10 Å². The number of methoxy groups -OCH3 is 1. The Hall–Kier alpha value is -2.83. The third-order valence-corrected chi connectivity index (χ3v) is 5.52. The number of likely N-dealkylation sites (tertiary alicyclic amines) is 1. The summed E-state index contributed by atoms with van der Waals surface area (Å²) in [6.07, 6.45) is 7.44. The molecule has 0 unspecified atom stereocenters. The summed E-state index contributed by atoms with van der Waals surface area (Å²) < 4.78 is 7.19. The van der Waals surface area contributed by atoms with E-state index in [1.807, 2.05) is 47.0 Å². The molecule has 7 nitrogen and oxygen atoms in total. The van der Waals surface area contributed by atoms with Crippen molar-refractivity contribution in [2.45, 2.75) is 44.2 Å². The highest BCUT2D eigenvalue weighted by molar-refractivity contribution is 5.94. The molecule has 2 atom stereocenters. The molecule has 2 aromatic rings. The van der Waals surface area contributed by atoms with Crippen LogP contribution in [0.25, 0.3) is 0 Å². The van der Waals surface area contributed by atoms with Crippen LogP contribution in [0.4, 0.5) is 0 Å². The van der Waals surface area contributed by atoms with Gasteiger partial charge >= 0.3 is 0 Å². The number of hydrogen-bond donors (Lipinski definition) is 0. The normalized spacial score (nSPS) is 21.9. The highest BCUT2D eigenvalue weighted by Gasteiger charge is 2.37. The molecule has 4 rings (SSSR count). The number of carbonyl (C=O) groups excluding carboxylic acids is 1. The lowest BCUT2D eigenvalue weighted by molar-refractivity contribution is -0.146. The minimum atomic E-state index is -0.533. The lowest BCUT2D eigenvalue weighted by Crippen LogP contribution is -2.44. The Bertz CT molecular complexity index is 859. The molecule has 0 spiro atoms. The van der Waals surface area contributed by atoms with E-state index >= 15 is 0 Å². The lowest BCUT2D eigenvalue weighted by atomic mass is 9.99. The monoisotopic (exact) mass is 382 g/mol. The van der Waals surface area contributed by atoms with Crippen molar-refractivity contribution < 1.29 is 14.4 Å². The van der Waals surface area contributed by atoms with Crippen molar-refractivity contribution in [3.05, 3.63) is 48.0 Å². The average Bonchev–Trinajstić information content (AvgIpc) is 3.37. The number of aryl methyl sites for hydroxylation is 1. The minimum absolute atomic E-state index is 0.00971. The van der Waals surface area contributed by atoms with E-state index in [1.165, 1.54) is 0 Å². The quantitative estimate of drug-likeness (QED) is 0.797. The molecule has 1 aromatic heterocycles. The average molecular weight is 382 g/mol. The minimum Gasteiger partial charge on any atom is -0.497 e. The maximum Gasteiger partial charge on any atom is 0.267 e. The number of oxime groups is 1. The van der Waals surface area contributed by atoms with Crippen LogP contribution in [0, 0.1) is 0 Å². The predicted molar refractivity (Wildman–Crippen MR) is 105 cm³/mol. The number of imidazole rings is 1. The molecule has 1 amide bonds. The molecule has 1 aromatic carbocycles. The number of rotatable bonds is 5. The molecular weight excluding hydrogens is 356 g/mol. The fourth-order valence-corrected chi connectivity index (χ4v) is 3.99. The molecular formula is C21H26N4O3. The second kappa shape index (κ2) is 8.04. The molecule has 3 heterocycles. The molecule has 0 saturated carbocycles. The number of nitrogens with zero attached hydrogens (tertiary/aromatic N) is 4. The number of amides is 1. The van der Waals surface area contributed by atoms with Gasteiger partial charge < -0.3 is 19.0 Å². The molecule has 148 valence electrons. The first-order valence-corrected chi connectivity index (χ1v) is 9.78. The molecule has 1 saturated heterocycles. The van der Waals surface area contributed by atoms with E-state index in [-0.39, 0.29) is 11.9 Å². The smallest absolute Gasteiger partial charge is 0.267 e. The van der Waals surface area contributed by atoms with E-state index in [9.17, 15) is 4.79 Å². The summed E-state index contributed by atoms with van der Waals surface area (Å²) in [5.41, 5.74) is 2.02. The summed E-state index contributed by atoms with van der Waals surface area (Å²) >= 11 is 0. The maximum absolute atomic E-state index is 13.2. The van der Waals surface area contributed by atoms with E-state index in [0.717, 1.165) is 48.7 Å². The van der Waals surface area contributed by atoms with Crippen molar-refractivity contribution in [3.63, 3.8) is 0 Å². The van der Waals surface area contributed by atoms with Crippen LogP contribution in [0.2, 0.25) is 0 Å². The van der Waals surface area contributed by atoms with Gasteiger partial charge in [-0.2, -0.15) is 0 Å². The molecule has 2 aliphatic heterocycles. The van der Waals surface area contributed by atoms with Gasteiger partial charge in [0.05, 0.1) is 18.9 Å². The summed E-state index contributed by atoms with van der Waals surface area (Å²) in [6, 6.07) is 7.89. The fraction of sp³-hybridized carbons (Fsp3) is 0.476. The van der Waals surface area contributed by atoms with Gasteiger partial charge in [-0.05, 0) is 37.0 Å². The standard InChI is InChI=1S/C21H26N4O3/c1-24-12-10-22-20(24)18-5-3-4-11-25(18)21(26)19-14-16(23-28-19)13-15-6-8-17(27-2)9-7-15/h6-10,12,18-19H,3-5,11,13-14H2,1-2H3/t18-,19+/m0/s1. The third-order valence-electron chi connectivity index (χ3n) is 5.52. The van der Waals surface area contributed by atoms with Crippen LogP contribution in [-0.2, 0) is 23.1 Å². The van der Waals surface area contributed by atoms with E-state index in [0.29, 0.717) is 12.8 Å². The number of aromatic nitrogens is 2. The lowest BCUT2D eigenvalue weighted by Gasteiger charge is -2.36. The van der Waals surface area contributed by atoms with Crippen LogP contribution in [0.1, 0.15) is 43.1 Å². The number of ether oxygens (including phenoxy) is 1. The zero-order valence-corrected chi connectivity index (χ0v) is 16.4. The number of hydrogen-bond acceptors (Lipinski definition) is 5. The van der Waals surface area contributed by atoms with Crippen LogP contribution in [0.15, 0.2) is 41.8 Å². The zero-order chi connectivity index (χ0) is 19.5. The first kappa shape index (κ1) is 18.5. The van der Waals surface area contributed by atoms with Gasteiger partial charge in [-0.3, -0.25) is 4.79 Å². The number of carbonyl (C=O) groups is 1. The van der Waals surface area contributed by atoms with Gasteiger partial charge in [0.15, 0.2) is 0 Å². The topological polar surface area (TPSA) is 69.0 Å². The van der Waals surface area contributed by atoms with Crippen molar-refractivity contribution in [1.82, 2.24) is 14.5 Å². The summed E-state index contributed by atoms with van der Waals surface area (Å²) in [5.74, 6) is 1.78. The Labute approximate surface area is 164 Å². The summed E-state index contributed by atoms with van der Waals surface area (Å²) in [4.78, 5) is 25.1. The van der Waals surface area contributed by atoms with Crippen LogP contribution >= 0.6 is 0 Å². The van der Waals surface area contributed by atoms with Crippen LogP contribution < -0.4 is 4.74 Å². The predicted octanol–water partition coefficient (Wildman–Crippen LogP) is 2.87. The zero-order valence-electron chi connectivity index (χ0n) is 16.4. The van der Waals surface area contributed by atoms with Gasteiger partial charge in [-0.25, -0.2) is 4.98 Å². The molecule has 0 N–H and O–H groups in total. The Morgan fingerprint density at radius 1 is 1.29 bits per heavy atom. The third kappa shape index (κ3) is 3.74. The molecule has 0 aliphatic carbocycles. The summed E-state index contributed by atoms with van der Waals surface area (Å²) in [6.45, 7) is 0.740. The van der Waals surface area contributed by atoms with Gasteiger partial charge in [0.25, 0.3) is 5.91 Å². The molecule has 2 aliphatic rings. The first-order valence-electron chi connectivity index (χ1n) is 9.78. The number of benzene rings is 1. The van der Waals surface area contributed by atoms with Crippen molar-refractivity contribution >= 4 is 11.6 Å². The van der Waals surface area contributed by atoms with Gasteiger partial charge in [0.1, 0.15) is 11.6 Å². The SMILES string of the molecule is COc1ccc(CC2=NO[C@@H](C(=O)N3CCCC[C@H]3c3nccn3C)C2)cc1. The summed E-state index contributed by atoms with van der Waals surface area (Å²) in [5, 5.41) is 4.19. The molecule has 0 radical (unpaired) electrons. The molecule has 7 heteroatoms. The Kier molecular flexibility index (Phi) is 5.32. The molecule has 1 fully saturated rings. The van der Waals surface area contributed by atoms with E-state index in [1.54, 1.807) is 13.3 Å². The molecule has 28 heavy (non-hydrogen) atoms. The van der Waals surface area contributed by atoms with Crippen molar-refractivity contribution in [2.75, 3.05) is 13.7 Å². The Morgan fingerprint density at radius 3 is 2.82 bits per heavy atom. The molecule has 0 bridgehead atoms. The Balaban J connectivity index is 1.40. The summed E-state index contributed by atoms with van der Waals surface area (Å²) in [7, 11) is 3.63. The van der Waals surface area contributed by atoms with E-state index in [4.69, 9.17) is 9.57 Å². The maximum atomic E-state index is 13.2. The van der Waals surface area contributed by atoms with Gasteiger partial charge in [-0.1, -0.05) is 17.3 Å². The largest absolute Gasteiger partial charge is 0.497 e. The van der Waals surface area contributed by atoms with Gasteiger partial charge in [0.2, 0.25) is 6.10 Å². The second-order valence-electron chi connectivity index (χ2n) is 7.42. The van der Waals surface area contributed by atoms with Crippen LogP contribution in [-0.4, -0.2) is 45.8 Å². The van der Waals surface area contributed by atoms with E-state index in [2.05, 4.69) is 10.1 Å². The fourth-order valence-electron chi connectivity index (χ4n) is 3.99. The Morgan fingerprint density at radius 2 is 2.11 bits per heavy atom. The first-order chi connectivity index (χ1) is 13.7. The van der Waals surface area contributed by atoms with Crippen molar-refractivity contribution in [3.8, 4) is 5.75 Å². The van der Waals surface area contributed by atoms with Gasteiger partial charge in [-0.15, -0.1) is 0 Å². The van der Waals surface area contributed by atoms with Gasteiger partial charge in [0, 0.05) is 38.8 Å². The number of piperidine rings is 1.